The molecular formula is C17H29N3O. The maximum Gasteiger partial charge on any atom is 0.0681 e. The highest BCUT2D eigenvalue weighted by Gasteiger charge is 2.16. The Bertz CT molecular complexity index is 386. The van der Waals surface area contributed by atoms with E-state index in [9.17, 15) is 0 Å². The molecule has 0 spiro atoms. The molecule has 1 aromatic rings. The van der Waals surface area contributed by atoms with Gasteiger partial charge in [0.2, 0.25) is 0 Å². The minimum Gasteiger partial charge on any atom is -0.392 e. The largest absolute Gasteiger partial charge is 0.392 e. The van der Waals surface area contributed by atoms with Gasteiger partial charge in [-0.3, -0.25) is 4.90 Å². The number of aliphatic hydroxyl groups is 1. The van der Waals surface area contributed by atoms with Gasteiger partial charge >= 0.3 is 0 Å². The number of rotatable bonds is 8. The third-order valence-corrected chi connectivity index (χ3v) is 4.26. The molecular weight excluding hydrogens is 262 g/mol. The van der Waals surface area contributed by atoms with Crippen LogP contribution < -0.4 is 5.73 Å². The first-order valence-electron chi connectivity index (χ1n) is 8.15. The molecule has 2 rings (SSSR count). The van der Waals surface area contributed by atoms with E-state index in [0.717, 1.165) is 38.2 Å². The summed E-state index contributed by atoms with van der Waals surface area (Å²) in [5.74, 6) is 0. The number of piperazine rings is 1. The Morgan fingerprint density at radius 1 is 0.857 bits per heavy atom. The SMILES string of the molecule is NCCCCCN1CCN(Cc2ccc(CO)cc2)CC1. The molecule has 1 saturated heterocycles. The minimum atomic E-state index is 0.128. The van der Waals surface area contributed by atoms with Gasteiger partial charge in [0.15, 0.2) is 0 Å². The second kappa shape index (κ2) is 9.15. The summed E-state index contributed by atoms with van der Waals surface area (Å²) in [5.41, 5.74) is 7.85. The van der Waals surface area contributed by atoms with Gasteiger partial charge in [0.1, 0.15) is 0 Å². The van der Waals surface area contributed by atoms with Crippen molar-refractivity contribution in [2.75, 3.05) is 39.3 Å². The molecule has 1 aliphatic heterocycles. The lowest BCUT2D eigenvalue weighted by Gasteiger charge is -2.34. The average Bonchev–Trinajstić information content (AvgIpc) is 2.54. The average molecular weight is 291 g/mol. The van der Waals surface area contributed by atoms with Gasteiger partial charge in [0.05, 0.1) is 6.61 Å². The molecule has 0 atom stereocenters. The van der Waals surface area contributed by atoms with E-state index in [4.69, 9.17) is 10.8 Å². The Labute approximate surface area is 128 Å². The zero-order valence-electron chi connectivity index (χ0n) is 13.0. The number of nitrogens with two attached hydrogens (primary N) is 1. The molecule has 4 heteroatoms. The van der Waals surface area contributed by atoms with Crippen LogP contribution in [0.4, 0.5) is 0 Å². The Kier molecular flexibility index (Phi) is 7.16. The highest BCUT2D eigenvalue weighted by Crippen LogP contribution is 2.11. The van der Waals surface area contributed by atoms with Crippen LogP contribution in [0.1, 0.15) is 30.4 Å². The zero-order valence-corrected chi connectivity index (χ0v) is 13.0. The van der Waals surface area contributed by atoms with Crippen molar-refractivity contribution in [3.63, 3.8) is 0 Å². The summed E-state index contributed by atoms with van der Waals surface area (Å²) in [5, 5.41) is 9.06. The smallest absolute Gasteiger partial charge is 0.0681 e. The Hall–Kier alpha value is -0.940. The van der Waals surface area contributed by atoms with Crippen molar-refractivity contribution in [2.45, 2.75) is 32.4 Å². The molecule has 3 N–H and O–H groups in total. The van der Waals surface area contributed by atoms with Crippen LogP contribution in [0.2, 0.25) is 0 Å². The van der Waals surface area contributed by atoms with Crippen LogP contribution >= 0.6 is 0 Å². The maximum absolute atomic E-state index is 9.06. The fourth-order valence-corrected chi connectivity index (χ4v) is 2.84. The quantitative estimate of drug-likeness (QED) is 0.711. The first kappa shape index (κ1) is 16.4. The number of hydrogen-bond acceptors (Lipinski definition) is 4. The van der Waals surface area contributed by atoms with Crippen LogP contribution in [-0.2, 0) is 13.2 Å². The van der Waals surface area contributed by atoms with Gasteiger partial charge in [0.25, 0.3) is 0 Å². The molecule has 0 bridgehead atoms. The van der Waals surface area contributed by atoms with Crippen LogP contribution in [0.15, 0.2) is 24.3 Å². The Balaban J connectivity index is 1.66. The van der Waals surface area contributed by atoms with E-state index >= 15 is 0 Å². The third kappa shape index (κ3) is 5.75. The lowest BCUT2D eigenvalue weighted by atomic mass is 10.1. The molecule has 0 radical (unpaired) electrons. The fourth-order valence-electron chi connectivity index (χ4n) is 2.84. The predicted octanol–water partition coefficient (Wildman–Crippen LogP) is 1.43. The van der Waals surface area contributed by atoms with Crippen LogP contribution in [0.5, 0.6) is 0 Å². The summed E-state index contributed by atoms with van der Waals surface area (Å²) < 4.78 is 0. The van der Waals surface area contributed by atoms with Gasteiger partial charge in [-0.1, -0.05) is 30.7 Å². The molecule has 1 aliphatic rings. The van der Waals surface area contributed by atoms with E-state index < -0.39 is 0 Å². The molecule has 1 aromatic carbocycles. The van der Waals surface area contributed by atoms with Gasteiger partial charge < -0.3 is 15.7 Å². The molecule has 0 aromatic heterocycles. The molecule has 0 saturated carbocycles. The maximum atomic E-state index is 9.06. The summed E-state index contributed by atoms with van der Waals surface area (Å²) >= 11 is 0. The fraction of sp³-hybridized carbons (Fsp3) is 0.647. The first-order valence-corrected chi connectivity index (χ1v) is 8.15. The Morgan fingerprint density at radius 2 is 1.48 bits per heavy atom. The predicted molar refractivity (Wildman–Crippen MR) is 87.0 cm³/mol. The van der Waals surface area contributed by atoms with Crippen LogP contribution in [0.3, 0.4) is 0 Å². The molecule has 1 fully saturated rings. The second-order valence-electron chi connectivity index (χ2n) is 5.94. The summed E-state index contributed by atoms with van der Waals surface area (Å²) in [6.45, 7) is 7.85. The molecule has 0 aliphatic carbocycles. The molecule has 21 heavy (non-hydrogen) atoms. The van der Waals surface area contributed by atoms with Crippen molar-refractivity contribution in [3.05, 3.63) is 35.4 Å². The van der Waals surface area contributed by atoms with Gasteiger partial charge in [0, 0.05) is 32.7 Å². The Morgan fingerprint density at radius 3 is 2.10 bits per heavy atom. The summed E-state index contributed by atoms with van der Waals surface area (Å²) in [4.78, 5) is 5.09. The van der Waals surface area contributed by atoms with Crippen molar-refractivity contribution in [3.8, 4) is 0 Å². The van der Waals surface area contributed by atoms with E-state index in [2.05, 4.69) is 21.9 Å². The second-order valence-corrected chi connectivity index (χ2v) is 5.94. The monoisotopic (exact) mass is 291 g/mol. The highest BCUT2D eigenvalue weighted by molar-refractivity contribution is 5.21. The van der Waals surface area contributed by atoms with Crippen LogP contribution in [0.25, 0.3) is 0 Å². The zero-order chi connectivity index (χ0) is 14.9. The minimum absolute atomic E-state index is 0.128. The molecule has 4 nitrogen and oxygen atoms in total. The number of nitrogens with zero attached hydrogens (tertiary/aromatic N) is 2. The summed E-state index contributed by atoms with van der Waals surface area (Å²) in [7, 11) is 0. The van der Waals surface area contributed by atoms with Crippen molar-refractivity contribution in [2.24, 2.45) is 5.73 Å². The van der Waals surface area contributed by atoms with E-state index in [1.165, 1.54) is 38.0 Å². The van der Waals surface area contributed by atoms with E-state index in [0.29, 0.717) is 0 Å². The molecule has 1 heterocycles. The summed E-state index contributed by atoms with van der Waals surface area (Å²) in [6.07, 6.45) is 3.69. The number of unbranched alkanes of at least 4 members (excludes halogenated alkanes) is 2. The summed E-state index contributed by atoms with van der Waals surface area (Å²) in [6, 6.07) is 8.29. The van der Waals surface area contributed by atoms with Gasteiger partial charge in [-0.2, -0.15) is 0 Å². The number of benzene rings is 1. The number of hydrogen-bond donors (Lipinski definition) is 2. The van der Waals surface area contributed by atoms with Gasteiger partial charge in [-0.15, -0.1) is 0 Å². The normalized spacial score (nSPS) is 17.2. The van der Waals surface area contributed by atoms with Crippen molar-refractivity contribution >= 4 is 0 Å². The van der Waals surface area contributed by atoms with Crippen LogP contribution in [0, 0.1) is 0 Å². The standard InChI is InChI=1S/C17H29N3O/c18-8-2-1-3-9-19-10-12-20(13-11-19)14-16-4-6-17(15-21)7-5-16/h4-7,21H,1-3,8-15,18H2. The van der Waals surface area contributed by atoms with Crippen molar-refractivity contribution in [1.82, 2.24) is 9.80 Å². The molecule has 118 valence electrons. The van der Waals surface area contributed by atoms with Gasteiger partial charge in [-0.25, -0.2) is 0 Å². The topological polar surface area (TPSA) is 52.7 Å². The van der Waals surface area contributed by atoms with E-state index in [1.807, 2.05) is 12.1 Å². The first-order chi connectivity index (χ1) is 10.3. The van der Waals surface area contributed by atoms with Crippen LogP contribution in [-0.4, -0.2) is 54.2 Å². The van der Waals surface area contributed by atoms with Gasteiger partial charge in [-0.05, 0) is 37.1 Å². The van der Waals surface area contributed by atoms with Crippen molar-refractivity contribution in [1.29, 1.82) is 0 Å². The lowest BCUT2D eigenvalue weighted by molar-refractivity contribution is 0.125. The third-order valence-electron chi connectivity index (χ3n) is 4.26. The highest BCUT2D eigenvalue weighted by atomic mass is 16.3. The number of aliphatic hydroxyl groups excluding tert-OH is 1. The van der Waals surface area contributed by atoms with Crippen molar-refractivity contribution < 1.29 is 5.11 Å². The van der Waals surface area contributed by atoms with E-state index in [1.54, 1.807) is 0 Å². The molecule has 0 unspecified atom stereocenters. The van der Waals surface area contributed by atoms with E-state index in [-0.39, 0.29) is 6.61 Å². The molecule has 0 amide bonds. The lowest BCUT2D eigenvalue weighted by Crippen LogP contribution is -2.46.